The van der Waals surface area contributed by atoms with E-state index in [1.54, 1.807) is 24.3 Å². The predicted molar refractivity (Wildman–Crippen MR) is 90.4 cm³/mol. The maximum Gasteiger partial charge on any atom is 0.237 e. The normalized spacial score (nSPS) is 11.9. The first kappa shape index (κ1) is 16.9. The minimum Gasteiger partial charge on any atom is -0.369 e. The number of amides is 1. The Morgan fingerprint density at radius 3 is 2.13 bits per heavy atom. The van der Waals surface area contributed by atoms with Crippen LogP contribution < -0.4 is 5.73 Å². The van der Waals surface area contributed by atoms with Gasteiger partial charge in [-0.3, -0.25) is 4.79 Å². The molecular formula is C17H18N2O3S. The van der Waals surface area contributed by atoms with E-state index < -0.39 is 15.9 Å². The third-order valence-electron chi connectivity index (χ3n) is 3.13. The highest BCUT2D eigenvalue weighted by atomic mass is 32.2. The minimum absolute atomic E-state index is 0.0885. The van der Waals surface area contributed by atoms with E-state index in [-0.39, 0.29) is 13.1 Å². The Balaban J connectivity index is 2.22. The molecular weight excluding hydrogens is 312 g/mol. The van der Waals surface area contributed by atoms with Crippen LogP contribution in [0.2, 0.25) is 0 Å². The van der Waals surface area contributed by atoms with Crippen LogP contribution >= 0.6 is 0 Å². The van der Waals surface area contributed by atoms with Gasteiger partial charge in [0.2, 0.25) is 15.9 Å². The number of nitrogens with zero attached hydrogens (tertiary/aromatic N) is 1. The molecule has 0 aromatic heterocycles. The Labute approximate surface area is 136 Å². The van der Waals surface area contributed by atoms with Gasteiger partial charge in [-0.15, -0.1) is 0 Å². The van der Waals surface area contributed by atoms with E-state index in [2.05, 4.69) is 0 Å². The van der Waals surface area contributed by atoms with Crippen LogP contribution in [0.3, 0.4) is 0 Å². The van der Waals surface area contributed by atoms with Crippen molar-refractivity contribution >= 4 is 22.0 Å². The number of hydrogen-bond donors (Lipinski definition) is 1. The van der Waals surface area contributed by atoms with E-state index in [4.69, 9.17) is 5.73 Å². The van der Waals surface area contributed by atoms with E-state index in [0.717, 1.165) is 20.8 Å². The summed E-state index contributed by atoms with van der Waals surface area (Å²) in [6.07, 6.45) is 1.49. The molecule has 0 spiro atoms. The van der Waals surface area contributed by atoms with Crippen molar-refractivity contribution in [1.82, 2.24) is 4.31 Å². The molecule has 0 radical (unpaired) electrons. The first-order valence-corrected chi connectivity index (χ1v) is 8.53. The maximum absolute atomic E-state index is 12.5. The zero-order valence-corrected chi connectivity index (χ0v) is 13.3. The van der Waals surface area contributed by atoms with Crippen molar-refractivity contribution in [2.75, 3.05) is 6.54 Å². The summed E-state index contributed by atoms with van der Waals surface area (Å²) in [5, 5.41) is 1.09. The molecule has 0 aliphatic carbocycles. The van der Waals surface area contributed by atoms with Crippen LogP contribution in [0.5, 0.6) is 0 Å². The number of hydrogen-bond acceptors (Lipinski definition) is 3. The van der Waals surface area contributed by atoms with Crippen molar-refractivity contribution < 1.29 is 13.2 Å². The summed E-state index contributed by atoms with van der Waals surface area (Å²) >= 11 is 0. The number of benzene rings is 2. The van der Waals surface area contributed by atoms with E-state index in [0.29, 0.717) is 0 Å². The Hall–Kier alpha value is -2.44. The molecule has 1 amide bonds. The highest BCUT2D eigenvalue weighted by molar-refractivity contribution is 7.92. The summed E-state index contributed by atoms with van der Waals surface area (Å²) in [6, 6.07) is 18.1. The van der Waals surface area contributed by atoms with E-state index >= 15 is 0 Å². The molecule has 0 fully saturated rings. The molecule has 0 saturated carbocycles. The van der Waals surface area contributed by atoms with Gasteiger partial charge in [0.15, 0.2) is 0 Å². The van der Waals surface area contributed by atoms with E-state index in [1.165, 1.54) is 6.08 Å². The van der Waals surface area contributed by atoms with E-state index in [1.807, 2.05) is 36.4 Å². The third-order valence-corrected chi connectivity index (χ3v) is 4.58. The number of primary amides is 1. The first-order chi connectivity index (χ1) is 11.0. The van der Waals surface area contributed by atoms with Crippen LogP contribution in [0, 0.1) is 0 Å². The summed E-state index contributed by atoms with van der Waals surface area (Å²) in [5.74, 6) is -0.697. The molecule has 23 heavy (non-hydrogen) atoms. The molecule has 0 aliphatic rings. The van der Waals surface area contributed by atoms with Crippen LogP contribution in [0.4, 0.5) is 0 Å². The molecule has 2 N–H and O–H groups in total. The lowest BCUT2D eigenvalue weighted by molar-refractivity contribution is -0.118. The Morgan fingerprint density at radius 2 is 1.57 bits per heavy atom. The second kappa shape index (κ2) is 7.71. The van der Waals surface area contributed by atoms with Crippen LogP contribution in [0.15, 0.2) is 66.1 Å². The van der Waals surface area contributed by atoms with Gasteiger partial charge in [0.05, 0.1) is 6.54 Å². The molecule has 0 aliphatic heterocycles. The van der Waals surface area contributed by atoms with Crippen molar-refractivity contribution in [2.45, 2.75) is 6.54 Å². The molecule has 5 nitrogen and oxygen atoms in total. The highest BCUT2D eigenvalue weighted by Gasteiger charge is 2.21. The molecule has 0 atom stereocenters. The molecule has 2 rings (SSSR count). The smallest absolute Gasteiger partial charge is 0.237 e. The molecule has 0 bridgehead atoms. The van der Waals surface area contributed by atoms with Gasteiger partial charge < -0.3 is 5.73 Å². The lowest BCUT2D eigenvalue weighted by Crippen LogP contribution is -2.36. The minimum atomic E-state index is -3.76. The topological polar surface area (TPSA) is 80.5 Å². The number of carbonyl (C=O) groups is 1. The fourth-order valence-electron chi connectivity index (χ4n) is 2.01. The van der Waals surface area contributed by atoms with Crippen LogP contribution in [0.1, 0.15) is 11.1 Å². The molecule has 6 heteroatoms. The summed E-state index contributed by atoms with van der Waals surface area (Å²) in [4.78, 5) is 11.2. The SMILES string of the molecule is NC(=O)CN(Cc1ccccc1)S(=O)(=O)/C=C/c1ccccc1. The molecule has 2 aromatic rings. The van der Waals surface area contributed by atoms with Crippen molar-refractivity contribution in [1.29, 1.82) is 0 Å². The van der Waals surface area contributed by atoms with Crippen LogP contribution in [-0.4, -0.2) is 25.2 Å². The van der Waals surface area contributed by atoms with Crippen molar-refractivity contribution in [3.8, 4) is 0 Å². The Kier molecular flexibility index (Phi) is 5.67. The lowest BCUT2D eigenvalue weighted by atomic mass is 10.2. The maximum atomic E-state index is 12.5. The second-order valence-corrected chi connectivity index (χ2v) is 6.80. The van der Waals surface area contributed by atoms with Crippen LogP contribution in [-0.2, 0) is 21.4 Å². The zero-order chi connectivity index (χ0) is 16.7. The van der Waals surface area contributed by atoms with Gasteiger partial charge in [-0.25, -0.2) is 8.42 Å². The van der Waals surface area contributed by atoms with Gasteiger partial charge in [0.1, 0.15) is 0 Å². The monoisotopic (exact) mass is 330 g/mol. The first-order valence-electron chi connectivity index (χ1n) is 7.03. The quantitative estimate of drug-likeness (QED) is 0.843. The van der Waals surface area contributed by atoms with Gasteiger partial charge in [-0.2, -0.15) is 4.31 Å². The second-order valence-electron chi connectivity index (χ2n) is 4.98. The molecule has 120 valence electrons. The van der Waals surface area contributed by atoms with Crippen molar-refractivity contribution in [2.24, 2.45) is 5.73 Å². The average molecular weight is 330 g/mol. The van der Waals surface area contributed by atoms with Gasteiger partial charge >= 0.3 is 0 Å². The zero-order valence-electron chi connectivity index (χ0n) is 12.5. The van der Waals surface area contributed by atoms with Gasteiger partial charge in [0, 0.05) is 12.0 Å². The number of nitrogens with two attached hydrogens (primary N) is 1. The Morgan fingerprint density at radius 1 is 1.00 bits per heavy atom. The van der Waals surface area contributed by atoms with Crippen LogP contribution in [0.25, 0.3) is 6.08 Å². The lowest BCUT2D eigenvalue weighted by Gasteiger charge is -2.18. The average Bonchev–Trinajstić information content (AvgIpc) is 2.54. The molecule has 0 heterocycles. The number of carbonyl (C=O) groups excluding carboxylic acids is 1. The Bertz CT molecular complexity index is 772. The number of sulfonamides is 1. The van der Waals surface area contributed by atoms with Crippen molar-refractivity contribution in [3.63, 3.8) is 0 Å². The fourth-order valence-corrected chi connectivity index (χ4v) is 3.15. The van der Waals surface area contributed by atoms with Gasteiger partial charge in [-0.05, 0) is 17.2 Å². The summed E-state index contributed by atoms with van der Waals surface area (Å²) in [7, 11) is -3.76. The summed E-state index contributed by atoms with van der Waals surface area (Å²) < 4.78 is 26.0. The fraction of sp³-hybridized carbons (Fsp3) is 0.118. The summed E-state index contributed by atoms with van der Waals surface area (Å²) in [6.45, 7) is -0.276. The van der Waals surface area contributed by atoms with Gasteiger partial charge in [0.25, 0.3) is 0 Å². The summed E-state index contributed by atoms with van der Waals surface area (Å²) in [5.41, 5.74) is 6.72. The van der Waals surface area contributed by atoms with Crippen molar-refractivity contribution in [3.05, 3.63) is 77.2 Å². The third kappa shape index (κ3) is 5.36. The predicted octanol–water partition coefficient (Wildman–Crippen LogP) is 1.97. The van der Waals surface area contributed by atoms with E-state index in [9.17, 15) is 13.2 Å². The molecule has 2 aromatic carbocycles. The molecule has 0 unspecified atom stereocenters. The molecule has 0 saturated heterocycles. The van der Waals surface area contributed by atoms with Gasteiger partial charge in [-0.1, -0.05) is 60.7 Å². The standard InChI is InChI=1S/C17H18N2O3S/c18-17(20)14-19(13-16-9-5-2-6-10-16)23(21,22)12-11-15-7-3-1-4-8-15/h1-12H,13-14H2,(H2,18,20)/b12-11+. The largest absolute Gasteiger partial charge is 0.369 e. The highest BCUT2D eigenvalue weighted by Crippen LogP contribution is 2.12. The number of rotatable bonds is 7.